The van der Waals surface area contributed by atoms with Gasteiger partial charge >= 0.3 is 12.1 Å². The van der Waals surface area contributed by atoms with Crippen LogP contribution in [0.3, 0.4) is 0 Å². The van der Waals surface area contributed by atoms with Crippen molar-refractivity contribution in [3.8, 4) is 0 Å². The van der Waals surface area contributed by atoms with Crippen LogP contribution in [0.1, 0.15) is 27.2 Å². The number of rotatable bonds is 1. The van der Waals surface area contributed by atoms with Gasteiger partial charge in [0.1, 0.15) is 11.6 Å². The van der Waals surface area contributed by atoms with Crippen molar-refractivity contribution in [2.75, 3.05) is 6.54 Å². The SMILES string of the molecule is CC(C)(C)OC(=O)C1CC(F)(F)CN1C(=O)O. The van der Waals surface area contributed by atoms with Crippen LogP contribution in [0.5, 0.6) is 0 Å². The monoisotopic (exact) mass is 251 g/mol. The summed E-state index contributed by atoms with van der Waals surface area (Å²) in [6.07, 6.45) is -2.37. The van der Waals surface area contributed by atoms with E-state index in [-0.39, 0.29) is 0 Å². The van der Waals surface area contributed by atoms with Gasteiger partial charge in [0, 0.05) is 6.42 Å². The van der Waals surface area contributed by atoms with Crippen LogP contribution in [0.2, 0.25) is 0 Å². The Morgan fingerprint density at radius 2 is 1.94 bits per heavy atom. The summed E-state index contributed by atoms with van der Waals surface area (Å²) in [6.45, 7) is 3.79. The van der Waals surface area contributed by atoms with Gasteiger partial charge in [-0.3, -0.25) is 4.90 Å². The van der Waals surface area contributed by atoms with Gasteiger partial charge in [0.2, 0.25) is 0 Å². The largest absolute Gasteiger partial charge is 0.465 e. The zero-order valence-electron chi connectivity index (χ0n) is 9.87. The van der Waals surface area contributed by atoms with E-state index < -0.39 is 42.6 Å². The van der Waals surface area contributed by atoms with Gasteiger partial charge in [0.25, 0.3) is 5.92 Å². The molecule has 0 saturated carbocycles. The molecule has 5 nitrogen and oxygen atoms in total. The van der Waals surface area contributed by atoms with E-state index in [1.165, 1.54) is 0 Å². The summed E-state index contributed by atoms with van der Waals surface area (Å²) < 4.78 is 31.1. The molecular weight excluding hydrogens is 236 g/mol. The van der Waals surface area contributed by atoms with Crippen molar-refractivity contribution in [2.24, 2.45) is 0 Å². The number of likely N-dealkylation sites (tertiary alicyclic amines) is 1. The molecule has 1 aliphatic rings. The Kier molecular flexibility index (Phi) is 3.31. The molecular formula is C10H15F2NO4. The number of nitrogens with zero attached hydrogens (tertiary/aromatic N) is 1. The van der Waals surface area contributed by atoms with Crippen LogP contribution >= 0.6 is 0 Å². The summed E-state index contributed by atoms with van der Waals surface area (Å²) in [5.74, 6) is -4.11. The quantitative estimate of drug-likeness (QED) is 0.720. The predicted molar refractivity (Wildman–Crippen MR) is 53.9 cm³/mol. The van der Waals surface area contributed by atoms with Crippen molar-refractivity contribution in [3.05, 3.63) is 0 Å². The van der Waals surface area contributed by atoms with Crippen molar-refractivity contribution in [1.82, 2.24) is 4.90 Å². The summed E-state index contributed by atoms with van der Waals surface area (Å²) >= 11 is 0. The molecule has 0 radical (unpaired) electrons. The van der Waals surface area contributed by atoms with E-state index in [1.807, 2.05) is 0 Å². The summed E-state index contributed by atoms with van der Waals surface area (Å²) in [4.78, 5) is 22.8. The van der Waals surface area contributed by atoms with Crippen LogP contribution in [0, 0.1) is 0 Å². The molecule has 17 heavy (non-hydrogen) atoms. The first kappa shape index (κ1) is 13.7. The summed E-state index contributed by atoms with van der Waals surface area (Å²) in [6, 6.07) is -1.43. The second-order valence-electron chi connectivity index (χ2n) is 5.02. The van der Waals surface area contributed by atoms with Crippen LogP contribution in [0.4, 0.5) is 13.6 Å². The van der Waals surface area contributed by atoms with Gasteiger partial charge in [-0.15, -0.1) is 0 Å². The van der Waals surface area contributed by atoms with Gasteiger partial charge in [0.15, 0.2) is 0 Å². The van der Waals surface area contributed by atoms with Crippen molar-refractivity contribution in [2.45, 2.75) is 44.8 Å². The minimum Gasteiger partial charge on any atom is -0.465 e. The molecule has 1 fully saturated rings. The third kappa shape index (κ3) is 3.54. The Morgan fingerprint density at radius 3 is 2.35 bits per heavy atom. The molecule has 1 saturated heterocycles. The number of halogens is 2. The van der Waals surface area contributed by atoms with Crippen LogP contribution in [0.25, 0.3) is 0 Å². The molecule has 0 aromatic carbocycles. The molecule has 0 aromatic heterocycles. The molecule has 0 bridgehead atoms. The smallest absolute Gasteiger partial charge is 0.408 e. The maximum Gasteiger partial charge on any atom is 0.408 e. The predicted octanol–water partition coefficient (Wildman–Crippen LogP) is 1.72. The van der Waals surface area contributed by atoms with Gasteiger partial charge in [-0.05, 0) is 20.8 Å². The third-order valence-electron chi connectivity index (χ3n) is 2.19. The van der Waals surface area contributed by atoms with Crippen LogP contribution in [-0.2, 0) is 9.53 Å². The lowest BCUT2D eigenvalue weighted by Gasteiger charge is -2.25. The number of esters is 1. The van der Waals surface area contributed by atoms with Gasteiger partial charge in [-0.2, -0.15) is 0 Å². The van der Waals surface area contributed by atoms with Crippen LogP contribution in [-0.4, -0.2) is 46.2 Å². The second kappa shape index (κ2) is 4.12. The lowest BCUT2D eigenvalue weighted by atomic mass is 10.1. The van der Waals surface area contributed by atoms with Crippen molar-refractivity contribution >= 4 is 12.1 Å². The van der Waals surface area contributed by atoms with Crippen LogP contribution in [0.15, 0.2) is 0 Å². The number of carboxylic acid groups (broad SMARTS) is 1. The molecule has 1 rings (SSSR count). The fourth-order valence-electron chi connectivity index (χ4n) is 1.60. The molecule has 1 heterocycles. The van der Waals surface area contributed by atoms with E-state index >= 15 is 0 Å². The minimum absolute atomic E-state index is 0.425. The first-order valence-corrected chi connectivity index (χ1v) is 5.12. The van der Waals surface area contributed by atoms with E-state index in [9.17, 15) is 18.4 Å². The molecule has 1 N–H and O–H groups in total. The highest BCUT2D eigenvalue weighted by Gasteiger charge is 2.51. The summed E-state index contributed by atoms with van der Waals surface area (Å²) in [5.41, 5.74) is -0.834. The van der Waals surface area contributed by atoms with Gasteiger partial charge in [-0.1, -0.05) is 0 Å². The average Bonchev–Trinajstić information content (AvgIpc) is 2.38. The van der Waals surface area contributed by atoms with Crippen molar-refractivity contribution in [3.63, 3.8) is 0 Å². The fraction of sp³-hybridized carbons (Fsp3) is 0.800. The zero-order valence-corrected chi connectivity index (χ0v) is 9.87. The second-order valence-corrected chi connectivity index (χ2v) is 5.02. The number of hydrogen-bond acceptors (Lipinski definition) is 3. The van der Waals surface area contributed by atoms with E-state index in [0.717, 1.165) is 0 Å². The highest BCUT2D eigenvalue weighted by molar-refractivity contribution is 5.82. The maximum atomic E-state index is 13.1. The molecule has 1 aliphatic heterocycles. The number of ether oxygens (including phenoxy) is 1. The summed E-state index contributed by atoms with van der Waals surface area (Å²) in [7, 11) is 0. The molecule has 0 spiro atoms. The Balaban J connectivity index is 2.81. The normalized spacial score (nSPS) is 23.6. The highest BCUT2D eigenvalue weighted by Crippen LogP contribution is 2.33. The highest BCUT2D eigenvalue weighted by atomic mass is 19.3. The van der Waals surface area contributed by atoms with E-state index in [2.05, 4.69) is 0 Å². The van der Waals surface area contributed by atoms with Crippen molar-refractivity contribution in [1.29, 1.82) is 0 Å². The standard InChI is InChI=1S/C10H15F2NO4/c1-9(2,3)17-7(14)6-4-10(11,12)5-13(6)8(15)16/h6H,4-5H2,1-3H3,(H,15,16). The lowest BCUT2D eigenvalue weighted by molar-refractivity contribution is -0.160. The molecule has 98 valence electrons. The average molecular weight is 251 g/mol. The van der Waals surface area contributed by atoms with E-state index in [4.69, 9.17) is 9.84 Å². The molecule has 7 heteroatoms. The van der Waals surface area contributed by atoms with Gasteiger partial charge in [-0.25, -0.2) is 18.4 Å². The fourth-order valence-corrected chi connectivity index (χ4v) is 1.60. The molecule has 0 aliphatic carbocycles. The topological polar surface area (TPSA) is 66.8 Å². The zero-order chi connectivity index (χ0) is 13.4. The lowest BCUT2D eigenvalue weighted by Crippen LogP contribution is -2.43. The minimum atomic E-state index is -3.18. The number of carbonyl (C=O) groups excluding carboxylic acids is 1. The Hall–Kier alpha value is -1.40. The van der Waals surface area contributed by atoms with Gasteiger partial charge in [0.05, 0.1) is 6.54 Å². The molecule has 0 aromatic rings. The van der Waals surface area contributed by atoms with Gasteiger partial charge < -0.3 is 9.84 Å². The van der Waals surface area contributed by atoms with E-state index in [0.29, 0.717) is 4.90 Å². The van der Waals surface area contributed by atoms with E-state index in [1.54, 1.807) is 20.8 Å². The van der Waals surface area contributed by atoms with Crippen molar-refractivity contribution < 1.29 is 28.2 Å². The molecule has 1 atom stereocenters. The van der Waals surface area contributed by atoms with Crippen LogP contribution < -0.4 is 0 Å². The third-order valence-corrected chi connectivity index (χ3v) is 2.19. The number of hydrogen-bond donors (Lipinski definition) is 1. The number of carbonyl (C=O) groups is 2. The first-order chi connectivity index (χ1) is 7.52. The molecule has 1 unspecified atom stereocenters. The first-order valence-electron chi connectivity index (χ1n) is 5.12. The Morgan fingerprint density at radius 1 is 1.41 bits per heavy atom. The number of alkyl halides is 2. The Bertz CT molecular complexity index is 338. The molecule has 1 amide bonds. The number of amides is 1. The summed E-state index contributed by atoms with van der Waals surface area (Å²) in [5, 5.41) is 8.75. The maximum absolute atomic E-state index is 13.1. The Labute approximate surface area is 97.3 Å².